The van der Waals surface area contributed by atoms with Gasteiger partial charge in [-0.05, 0) is 25.0 Å². The molecule has 0 atom stereocenters. The van der Waals surface area contributed by atoms with Crippen LogP contribution in [0, 0.1) is 12.3 Å². The lowest BCUT2D eigenvalue weighted by molar-refractivity contribution is 0.526. The SMILES string of the molecule is C#CC1(S(=O)(=O)c2ccccc2)CCCCCC1. The molecule has 0 bridgehead atoms. The molecule has 0 heterocycles. The van der Waals surface area contributed by atoms with Crippen molar-refractivity contribution in [1.29, 1.82) is 0 Å². The van der Waals surface area contributed by atoms with Gasteiger partial charge in [-0.1, -0.05) is 49.8 Å². The van der Waals surface area contributed by atoms with Gasteiger partial charge in [-0.3, -0.25) is 0 Å². The van der Waals surface area contributed by atoms with Crippen LogP contribution < -0.4 is 0 Å². The molecule has 2 rings (SSSR count). The summed E-state index contributed by atoms with van der Waals surface area (Å²) in [4.78, 5) is 0.352. The minimum Gasteiger partial charge on any atom is -0.222 e. The molecule has 18 heavy (non-hydrogen) atoms. The van der Waals surface area contributed by atoms with Gasteiger partial charge >= 0.3 is 0 Å². The zero-order valence-electron chi connectivity index (χ0n) is 10.4. The van der Waals surface area contributed by atoms with Crippen LogP contribution in [0.2, 0.25) is 0 Å². The van der Waals surface area contributed by atoms with Gasteiger partial charge in [-0.15, -0.1) is 6.42 Å². The molecule has 0 radical (unpaired) electrons. The molecule has 96 valence electrons. The Bertz CT molecular complexity index is 530. The Hall–Kier alpha value is -1.27. The fourth-order valence-electron chi connectivity index (χ4n) is 2.62. The second-order valence-corrected chi connectivity index (χ2v) is 7.13. The first-order valence-electron chi connectivity index (χ1n) is 6.40. The van der Waals surface area contributed by atoms with Crippen molar-refractivity contribution in [3.05, 3.63) is 30.3 Å². The number of sulfone groups is 1. The first-order chi connectivity index (χ1) is 8.62. The van der Waals surface area contributed by atoms with E-state index in [1.54, 1.807) is 24.3 Å². The molecule has 0 aliphatic heterocycles. The van der Waals surface area contributed by atoms with Crippen LogP contribution in [0.1, 0.15) is 38.5 Å². The second kappa shape index (κ2) is 5.16. The normalized spacial score (nSPS) is 19.7. The number of terminal acetylenes is 1. The highest BCUT2D eigenvalue weighted by Gasteiger charge is 2.42. The molecule has 1 aliphatic rings. The maximum absolute atomic E-state index is 12.8. The molecule has 0 unspecified atom stereocenters. The van der Waals surface area contributed by atoms with E-state index in [4.69, 9.17) is 6.42 Å². The largest absolute Gasteiger partial charge is 0.222 e. The summed E-state index contributed by atoms with van der Waals surface area (Å²) in [6, 6.07) is 8.58. The smallest absolute Gasteiger partial charge is 0.195 e. The van der Waals surface area contributed by atoms with Crippen molar-refractivity contribution in [1.82, 2.24) is 0 Å². The number of hydrogen-bond acceptors (Lipinski definition) is 2. The Labute approximate surface area is 109 Å². The lowest BCUT2D eigenvalue weighted by Gasteiger charge is -2.26. The van der Waals surface area contributed by atoms with Gasteiger partial charge in [0.15, 0.2) is 9.84 Å². The van der Waals surface area contributed by atoms with Crippen LogP contribution in [0.3, 0.4) is 0 Å². The van der Waals surface area contributed by atoms with Crippen molar-refractivity contribution in [2.24, 2.45) is 0 Å². The Morgan fingerprint density at radius 2 is 1.56 bits per heavy atom. The van der Waals surface area contributed by atoms with Crippen molar-refractivity contribution < 1.29 is 8.42 Å². The topological polar surface area (TPSA) is 34.1 Å². The van der Waals surface area contributed by atoms with Crippen LogP contribution in [0.4, 0.5) is 0 Å². The maximum Gasteiger partial charge on any atom is 0.195 e. The van der Waals surface area contributed by atoms with E-state index in [2.05, 4.69) is 5.92 Å². The predicted octanol–water partition coefficient (Wildman–Crippen LogP) is 3.19. The highest BCUT2D eigenvalue weighted by Crippen LogP contribution is 2.37. The molecule has 0 amide bonds. The lowest BCUT2D eigenvalue weighted by Crippen LogP contribution is -2.36. The van der Waals surface area contributed by atoms with E-state index in [9.17, 15) is 8.42 Å². The highest BCUT2D eigenvalue weighted by molar-refractivity contribution is 7.93. The van der Waals surface area contributed by atoms with Crippen molar-refractivity contribution in [3.63, 3.8) is 0 Å². The van der Waals surface area contributed by atoms with Gasteiger partial charge in [0.2, 0.25) is 0 Å². The van der Waals surface area contributed by atoms with Gasteiger partial charge in [0, 0.05) is 0 Å². The number of benzene rings is 1. The molecule has 2 nitrogen and oxygen atoms in total. The van der Waals surface area contributed by atoms with Crippen LogP contribution >= 0.6 is 0 Å². The second-order valence-electron chi connectivity index (χ2n) is 4.87. The first-order valence-corrected chi connectivity index (χ1v) is 7.88. The summed E-state index contributed by atoms with van der Waals surface area (Å²) in [6.07, 6.45) is 10.7. The summed E-state index contributed by atoms with van der Waals surface area (Å²) >= 11 is 0. The van der Waals surface area contributed by atoms with Crippen LogP contribution in [-0.2, 0) is 9.84 Å². The van der Waals surface area contributed by atoms with Gasteiger partial charge in [0.1, 0.15) is 4.75 Å². The quantitative estimate of drug-likeness (QED) is 0.606. The first kappa shape index (κ1) is 13.2. The fraction of sp³-hybridized carbons (Fsp3) is 0.467. The molecule has 1 aliphatic carbocycles. The van der Waals surface area contributed by atoms with Gasteiger partial charge < -0.3 is 0 Å². The van der Waals surface area contributed by atoms with Crippen LogP contribution in [0.25, 0.3) is 0 Å². The Kier molecular flexibility index (Phi) is 3.77. The molecule has 3 heteroatoms. The predicted molar refractivity (Wildman–Crippen MR) is 72.9 cm³/mol. The molecule has 1 saturated carbocycles. The maximum atomic E-state index is 12.8. The van der Waals surface area contributed by atoms with Crippen LogP contribution in [0.15, 0.2) is 35.2 Å². The Morgan fingerprint density at radius 1 is 1.00 bits per heavy atom. The highest BCUT2D eigenvalue weighted by atomic mass is 32.2. The monoisotopic (exact) mass is 262 g/mol. The fourth-order valence-corrected chi connectivity index (χ4v) is 4.56. The third-order valence-corrected chi connectivity index (χ3v) is 6.19. The molecule has 0 aromatic heterocycles. The average Bonchev–Trinajstić information content (AvgIpc) is 2.66. The third kappa shape index (κ3) is 2.18. The van der Waals surface area contributed by atoms with Gasteiger partial charge in [0.05, 0.1) is 4.90 Å². The summed E-state index contributed by atoms with van der Waals surface area (Å²) < 4.78 is 24.5. The minimum atomic E-state index is -3.43. The summed E-state index contributed by atoms with van der Waals surface area (Å²) in [6.45, 7) is 0. The molecule has 1 fully saturated rings. The number of hydrogen-bond donors (Lipinski definition) is 0. The summed E-state index contributed by atoms with van der Waals surface area (Å²) in [5.41, 5.74) is 0. The summed E-state index contributed by atoms with van der Waals surface area (Å²) in [5.74, 6) is 2.61. The zero-order valence-corrected chi connectivity index (χ0v) is 11.2. The molecular weight excluding hydrogens is 244 g/mol. The molecule has 1 aromatic carbocycles. The van der Waals surface area contributed by atoms with E-state index < -0.39 is 14.6 Å². The zero-order chi connectivity index (χ0) is 13.1. The van der Waals surface area contributed by atoms with Crippen molar-refractivity contribution >= 4 is 9.84 Å². The van der Waals surface area contributed by atoms with E-state index in [-0.39, 0.29) is 0 Å². The van der Waals surface area contributed by atoms with E-state index >= 15 is 0 Å². The van der Waals surface area contributed by atoms with Gasteiger partial charge in [0.25, 0.3) is 0 Å². The van der Waals surface area contributed by atoms with E-state index in [1.807, 2.05) is 6.07 Å². The van der Waals surface area contributed by atoms with Crippen molar-refractivity contribution in [2.75, 3.05) is 0 Å². The van der Waals surface area contributed by atoms with Crippen molar-refractivity contribution in [3.8, 4) is 12.3 Å². The molecular formula is C15H18O2S. The van der Waals surface area contributed by atoms with Crippen molar-refractivity contribution in [2.45, 2.75) is 48.2 Å². The van der Waals surface area contributed by atoms with Gasteiger partial charge in [-0.2, -0.15) is 0 Å². The molecule has 0 spiro atoms. The van der Waals surface area contributed by atoms with Crippen LogP contribution in [0.5, 0.6) is 0 Å². The van der Waals surface area contributed by atoms with E-state index in [0.29, 0.717) is 17.7 Å². The minimum absolute atomic E-state index is 0.352. The lowest BCUT2D eigenvalue weighted by atomic mass is 10.0. The summed E-state index contributed by atoms with van der Waals surface area (Å²) in [5, 5.41) is 0. The third-order valence-electron chi connectivity index (χ3n) is 3.74. The molecule has 0 saturated heterocycles. The van der Waals surface area contributed by atoms with E-state index in [0.717, 1.165) is 25.7 Å². The average molecular weight is 262 g/mol. The molecule has 1 aromatic rings. The Morgan fingerprint density at radius 3 is 2.06 bits per heavy atom. The number of rotatable bonds is 2. The molecule has 0 N–H and O–H groups in total. The summed E-state index contributed by atoms with van der Waals surface area (Å²) in [7, 11) is -3.43. The van der Waals surface area contributed by atoms with Gasteiger partial charge in [-0.25, -0.2) is 8.42 Å². The standard InChI is InChI=1S/C15H18O2S/c1-2-15(12-8-3-4-9-13-15)18(16,17)14-10-6-5-7-11-14/h1,5-7,10-11H,3-4,8-9,12-13H2. The van der Waals surface area contributed by atoms with E-state index in [1.165, 1.54) is 0 Å². The Balaban J connectivity index is 2.47. The van der Waals surface area contributed by atoms with Crippen LogP contribution in [-0.4, -0.2) is 13.2 Å².